The topological polar surface area (TPSA) is 133 Å². The van der Waals surface area contributed by atoms with Crippen molar-refractivity contribution < 1.29 is 22.7 Å². The predicted octanol–water partition coefficient (Wildman–Crippen LogP) is 5.57. The molecule has 1 saturated carbocycles. The summed E-state index contributed by atoms with van der Waals surface area (Å²) in [6.07, 6.45) is 9.30. The molecule has 12 heteroatoms. The Morgan fingerprint density at radius 1 is 1.23 bits per heavy atom. The van der Waals surface area contributed by atoms with Crippen LogP contribution in [0.15, 0.2) is 42.9 Å². The third-order valence-corrected chi connectivity index (χ3v) is 8.87. The van der Waals surface area contributed by atoms with Crippen molar-refractivity contribution in [2.24, 2.45) is 11.7 Å². The number of nitrogens with two attached hydrogens (primary N) is 1. The number of ether oxygens (including phenoxy) is 1. The number of pyridine rings is 1. The monoisotopic (exact) mass is 609 g/mol. The van der Waals surface area contributed by atoms with Gasteiger partial charge in [-0.15, -0.1) is 0 Å². The van der Waals surface area contributed by atoms with Crippen LogP contribution >= 0.6 is 0 Å². The number of anilines is 2. The van der Waals surface area contributed by atoms with Crippen molar-refractivity contribution in [1.29, 1.82) is 5.41 Å². The second-order valence-electron chi connectivity index (χ2n) is 11.8. The van der Waals surface area contributed by atoms with Crippen LogP contribution in [0.2, 0.25) is 0 Å². The summed E-state index contributed by atoms with van der Waals surface area (Å²) >= 11 is 0. The summed E-state index contributed by atoms with van der Waals surface area (Å²) in [7, 11) is 1.80. The van der Waals surface area contributed by atoms with Crippen LogP contribution in [0.25, 0.3) is 6.08 Å². The van der Waals surface area contributed by atoms with Gasteiger partial charge in [-0.2, -0.15) is 0 Å². The molecule has 2 fully saturated rings. The number of hydrogen-bond donors (Lipinski definition) is 4. The summed E-state index contributed by atoms with van der Waals surface area (Å²) in [5.41, 5.74) is 5.98. The van der Waals surface area contributed by atoms with Crippen molar-refractivity contribution in [3.05, 3.63) is 76.9 Å². The molecule has 234 valence electrons. The van der Waals surface area contributed by atoms with Gasteiger partial charge in [0.25, 0.3) is 0 Å². The Kier molecular flexibility index (Phi) is 9.21. The summed E-state index contributed by atoms with van der Waals surface area (Å²) in [5, 5.41) is 11.5. The molecular formula is C32H38F3N7O2. The van der Waals surface area contributed by atoms with Crippen molar-refractivity contribution in [1.82, 2.24) is 19.9 Å². The maximum Gasteiger partial charge on any atom is 0.219 e. The van der Waals surface area contributed by atoms with Gasteiger partial charge in [-0.25, -0.2) is 18.2 Å². The summed E-state index contributed by atoms with van der Waals surface area (Å²) in [6.45, 7) is 4.02. The van der Waals surface area contributed by atoms with Gasteiger partial charge in [-0.3, -0.25) is 9.78 Å². The zero-order valence-electron chi connectivity index (χ0n) is 25.0. The molecule has 0 spiro atoms. The second kappa shape index (κ2) is 12.9. The highest BCUT2D eigenvalue weighted by Crippen LogP contribution is 2.41. The second-order valence-corrected chi connectivity index (χ2v) is 11.8. The number of H-pyrrole nitrogens is 1. The van der Waals surface area contributed by atoms with Crippen molar-refractivity contribution >= 4 is 29.3 Å². The molecule has 1 aliphatic carbocycles. The number of benzene rings is 1. The van der Waals surface area contributed by atoms with Crippen LogP contribution in [-0.2, 0) is 15.2 Å². The SMILES string of the molecule is CC(=O)N(C)C1C(C)CC(c2ccncc2Nc2ncc(/C=C\C(=N)c3c(F)cc(C4(F)CCOCC4)cc3F)[nH]2)CC1N. The molecule has 9 nitrogen and oxygen atoms in total. The number of alkyl halides is 1. The molecule has 4 atom stereocenters. The van der Waals surface area contributed by atoms with Gasteiger partial charge in [0.1, 0.15) is 17.3 Å². The first-order chi connectivity index (χ1) is 21.0. The zero-order chi connectivity index (χ0) is 31.6. The summed E-state index contributed by atoms with van der Waals surface area (Å²) in [6, 6.07) is 3.68. The highest BCUT2D eigenvalue weighted by Gasteiger charge is 2.38. The molecular weight excluding hydrogens is 571 g/mol. The number of imidazole rings is 1. The van der Waals surface area contributed by atoms with Crippen molar-refractivity contribution in [3.63, 3.8) is 0 Å². The van der Waals surface area contributed by atoms with Gasteiger partial charge in [0.05, 0.1) is 35.1 Å². The lowest BCUT2D eigenvalue weighted by Gasteiger charge is -2.43. The predicted molar refractivity (Wildman–Crippen MR) is 163 cm³/mol. The molecule has 4 unspecified atom stereocenters. The van der Waals surface area contributed by atoms with E-state index in [2.05, 4.69) is 27.2 Å². The molecule has 0 radical (unpaired) electrons. The first-order valence-corrected chi connectivity index (χ1v) is 14.7. The van der Waals surface area contributed by atoms with E-state index in [1.807, 2.05) is 6.07 Å². The average molecular weight is 610 g/mol. The number of halogens is 3. The Morgan fingerprint density at radius 3 is 2.59 bits per heavy atom. The summed E-state index contributed by atoms with van der Waals surface area (Å²) in [5.74, 6) is -1.24. The number of carbonyl (C=O) groups excluding carboxylic acids is 1. The molecule has 44 heavy (non-hydrogen) atoms. The van der Waals surface area contributed by atoms with E-state index in [-0.39, 0.29) is 61.4 Å². The van der Waals surface area contributed by atoms with E-state index in [4.69, 9.17) is 15.9 Å². The van der Waals surface area contributed by atoms with Crippen LogP contribution in [-0.4, -0.2) is 63.8 Å². The number of amides is 1. The first-order valence-electron chi connectivity index (χ1n) is 14.7. The minimum atomic E-state index is -1.86. The van der Waals surface area contributed by atoms with E-state index in [1.54, 1.807) is 31.3 Å². The number of nitrogens with one attached hydrogen (secondary N) is 3. The molecule has 5 N–H and O–H groups in total. The third kappa shape index (κ3) is 6.56. The fourth-order valence-corrected chi connectivity index (χ4v) is 6.51. The van der Waals surface area contributed by atoms with Crippen LogP contribution in [0.3, 0.4) is 0 Å². The number of hydrogen-bond acceptors (Lipinski definition) is 7. The minimum absolute atomic E-state index is 0.00621. The van der Waals surface area contributed by atoms with Gasteiger partial charge < -0.3 is 31.1 Å². The normalized spacial score (nSPS) is 23.4. The standard InChI is InChI=1S/C32H38F3N7O2/c1-18-12-20(13-27(37)30(18)42(3)19(2)43)23-6-9-38-17-28(23)41-31-39-16-22(40-31)4-5-26(36)29-24(33)14-21(15-25(29)34)32(35)7-10-44-11-8-32/h4-6,9,14-18,20,27,30,36H,7-8,10-13,37H2,1-3H3,(H2,39,40,41)/b5-4-,36-26?. The fourth-order valence-electron chi connectivity index (χ4n) is 6.51. The lowest BCUT2D eigenvalue weighted by Crippen LogP contribution is -2.54. The number of aromatic amines is 1. The lowest BCUT2D eigenvalue weighted by atomic mass is 9.73. The Labute approximate surface area is 254 Å². The molecule has 1 aromatic carbocycles. The van der Waals surface area contributed by atoms with Crippen LogP contribution in [0.5, 0.6) is 0 Å². The summed E-state index contributed by atoms with van der Waals surface area (Å²) in [4.78, 5) is 25.4. The Morgan fingerprint density at radius 2 is 1.93 bits per heavy atom. The smallest absolute Gasteiger partial charge is 0.219 e. The van der Waals surface area contributed by atoms with Gasteiger partial charge in [0.2, 0.25) is 11.9 Å². The van der Waals surface area contributed by atoms with Crippen LogP contribution in [0.4, 0.5) is 24.8 Å². The van der Waals surface area contributed by atoms with Crippen LogP contribution < -0.4 is 11.1 Å². The van der Waals surface area contributed by atoms with E-state index >= 15 is 4.39 Å². The molecule has 3 aromatic rings. The molecule has 2 aromatic heterocycles. The molecule has 1 aliphatic heterocycles. The Balaban J connectivity index is 1.27. The number of carbonyl (C=O) groups is 1. The fraction of sp³-hybridized carbons (Fsp3) is 0.438. The van der Waals surface area contributed by atoms with Gasteiger partial charge in [0, 0.05) is 58.3 Å². The van der Waals surface area contributed by atoms with Crippen LogP contribution in [0.1, 0.15) is 67.8 Å². The molecule has 1 amide bonds. The largest absolute Gasteiger partial charge is 0.381 e. The molecule has 2 aliphatic rings. The van der Waals surface area contributed by atoms with Gasteiger partial charge in [-0.1, -0.05) is 6.92 Å². The summed E-state index contributed by atoms with van der Waals surface area (Å²) < 4.78 is 50.3. The van der Waals surface area contributed by atoms with Crippen molar-refractivity contribution in [2.45, 2.75) is 63.2 Å². The van der Waals surface area contributed by atoms with E-state index in [0.29, 0.717) is 18.1 Å². The Hall–Kier alpha value is -4.03. The van der Waals surface area contributed by atoms with Gasteiger partial charge in [-0.05, 0) is 66.2 Å². The highest BCUT2D eigenvalue weighted by molar-refractivity contribution is 6.09. The number of aromatic nitrogens is 3. The maximum atomic E-state index is 15.2. The number of likely N-dealkylation sites (N-methyl/N-ethyl adjacent to an activating group) is 1. The third-order valence-electron chi connectivity index (χ3n) is 8.87. The molecule has 0 bridgehead atoms. The lowest BCUT2D eigenvalue weighted by molar-refractivity contribution is -0.131. The molecule has 1 saturated heterocycles. The van der Waals surface area contributed by atoms with Crippen molar-refractivity contribution in [2.75, 3.05) is 25.6 Å². The van der Waals surface area contributed by atoms with Gasteiger partial charge in [0.15, 0.2) is 0 Å². The van der Waals surface area contributed by atoms with Crippen molar-refractivity contribution in [3.8, 4) is 0 Å². The van der Waals surface area contributed by atoms with Gasteiger partial charge >= 0.3 is 0 Å². The maximum absolute atomic E-state index is 15.2. The van der Waals surface area contributed by atoms with E-state index in [9.17, 15) is 13.6 Å². The number of rotatable bonds is 8. The average Bonchev–Trinajstić information content (AvgIpc) is 3.43. The molecule has 5 rings (SSSR count). The zero-order valence-corrected chi connectivity index (χ0v) is 25.0. The highest BCUT2D eigenvalue weighted by atomic mass is 19.1. The first kappa shape index (κ1) is 31.4. The van der Waals surface area contributed by atoms with Crippen LogP contribution in [0, 0.1) is 23.0 Å². The van der Waals surface area contributed by atoms with E-state index in [1.165, 1.54) is 18.3 Å². The quantitative estimate of drug-likeness (QED) is 0.247. The number of allylic oxidation sites excluding steroid dienone is 1. The minimum Gasteiger partial charge on any atom is -0.381 e. The van der Waals surface area contributed by atoms with E-state index in [0.717, 1.165) is 29.8 Å². The molecule has 3 heterocycles. The van der Waals surface area contributed by atoms with E-state index < -0.39 is 28.6 Å². The number of nitrogens with zero attached hydrogens (tertiary/aromatic N) is 3. The Bertz CT molecular complexity index is 1520.